The van der Waals surface area contributed by atoms with Gasteiger partial charge in [0, 0.05) is 24.5 Å². The first-order chi connectivity index (χ1) is 7.24. The zero-order valence-corrected chi connectivity index (χ0v) is 10.0. The Morgan fingerprint density at radius 2 is 2.20 bits per heavy atom. The molecule has 0 aromatic carbocycles. The Balaban J connectivity index is 2.63. The van der Waals surface area contributed by atoms with E-state index in [2.05, 4.69) is 37.1 Å². The van der Waals surface area contributed by atoms with Crippen LogP contribution in [0.2, 0.25) is 0 Å². The maximum Gasteiger partial charge on any atom is 0.0337 e. The van der Waals surface area contributed by atoms with Gasteiger partial charge in [0.15, 0.2) is 0 Å². The Morgan fingerprint density at radius 1 is 1.40 bits per heavy atom. The van der Waals surface area contributed by atoms with E-state index in [0.29, 0.717) is 12.1 Å². The Kier molecular flexibility index (Phi) is 5.33. The Bertz CT molecular complexity index is 256. The van der Waals surface area contributed by atoms with Crippen molar-refractivity contribution in [3.63, 3.8) is 0 Å². The van der Waals surface area contributed by atoms with E-state index in [4.69, 9.17) is 0 Å². The summed E-state index contributed by atoms with van der Waals surface area (Å²) in [6.45, 7) is 6.61. The Hall–Kier alpha value is -0.890. The first kappa shape index (κ1) is 12.2. The summed E-state index contributed by atoms with van der Waals surface area (Å²) < 4.78 is 0. The first-order valence-corrected chi connectivity index (χ1v) is 5.90. The number of rotatable bonds is 6. The smallest absolute Gasteiger partial charge is 0.0337 e. The highest BCUT2D eigenvalue weighted by Crippen LogP contribution is 2.18. The molecule has 1 aromatic rings. The summed E-state index contributed by atoms with van der Waals surface area (Å²) in [5.74, 6) is 0. The third-order valence-corrected chi connectivity index (χ3v) is 2.47. The Labute approximate surface area is 93.1 Å². The van der Waals surface area contributed by atoms with Crippen molar-refractivity contribution in [1.29, 1.82) is 0 Å². The minimum atomic E-state index is 0.457. The minimum Gasteiger partial charge on any atom is -0.308 e. The van der Waals surface area contributed by atoms with Crippen LogP contribution in [0.3, 0.4) is 0 Å². The van der Waals surface area contributed by atoms with Crippen LogP contribution in [0.5, 0.6) is 0 Å². The first-order valence-electron chi connectivity index (χ1n) is 5.90. The van der Waals surface area contributed by atoms with Crippen molar-refractivity contribution in [2.24, 2.45) is 0 Å². The van der Waals surface area contributed by atoms with E-state index < -0.39 is 0 Å². The SMILES string of the molecule is CCCCC(NC(C)C)c1cccnc1. The number of nitrogens with zero attached hydrogens (tertiary/aromatic N) is 1. The summed E-state index contributed by atoms with van der Waals surface area (Å²) in [7, 11) is 0. The molecule has 84 valence electrons. The van der Waals surface area contributed by atoms with Crippen molar-refractivity contribution < 1.29 is 0 Å². The van der Waals surface area contributed by atoms with Gasteiger partial charge in [0.2, 0.25) is 0 Å². The van der Waals surface area contributed by atoms with E-state index in [-0.39, 0.29) is 0 Å². The topological polar surface area (TPSA) is 24.9 Å². The van der Waals surface area contributed by atoms with Gasteiger partial charge in [-0.05, 0) is 18.1 Å². The van der Waals surface area contributed by atoms with Gasteiger partial charge in [-0.3, -0.25) is 4.98 Å². The number of aromatic nitrogens is 1. The molecule has 0 radical (unpaired) electrons. The molecule has 1 aromatic heterocycles. The van der Waals surface area contributed by atoms with E-state index >= 15 is 0 Å². The van der Waals surface area contributed by atoms with Gasteiger partial charge in [0.25, 0.3) is 0 Å². The van der Waals surface area contributed by atoms with Crippen LogP contribution in [0.25, 0.3) is 0 Å². The molecule has 0 saturated carbocycles. The fourth-order valence-electron chi connectivity index (χ4n) is 1.74. The molecule has 0 bridgehead atoms. The largest absolute Gasteiger partial charge is 0.308 e. The molecule has 2 heteroatoms. The monoisotopic (exact) mass is 206 g/mol. The molecule has 1 atom stereocenters. The molecule has 0 spiro atoms. The van der Waals surface area contributed by atoms with Crippen molar-refractivity contribution in [3.05, 3.63) is 30.1 Å². The van der Waals surface area contributed by atoms with Gasteiger partial charge in [-0.2, -0.15) is 0 Å². The molecule has 1 N–H and O–H groups in total. The summed E-state index contributed by atoms with van der Waals surface area (Å²) in [6.07, 6.45) is 7.50. The van der Waals surface area contributed by atoms with Crippen LogP contribution in [-0.4, -0.2) is 11.0 Å². The van der Waals surface area contributed by atoms with E-state index in [1.54, 1.807) is 0 Å². The lowest BCUT2D eigenvalue weighted by Gasteiger charge is -2.21. The average Bonchev–Trinajstić information content (AvgIpc) is 2.25. The minimum absolute atomic E-state index is 0.457. The highest BCUT2D eigenvalue weighted by atomic mass is 14.9. The summed E-state index contributed by atoms with van der Waals surface area (Å²) in [4.78, 5) is 4.18. The summed E-state index contributed by atoms with van der Waals surface area (Å²) in [5, 5.41) is 3.59. The fraction of sp³-hybridized carbons (Fsp3) is 0.615. The fourth-order valence-corrected chi connectivity index (χ4v) is 1.74. The van der Waals surface area contributed by atoms with Gasteiger partial charge in [0.1, 0.15) is 0 Å². The predicted octanol–water partition coefficient (Wildman–Crippen LogP) is 3.31. The van der Waals surface area contributed by atoms with E-state index in [0.717, 1.165) is 0 Å². The number of unbranched alkanes of at least 4 members (excludes halogenated alkanes) is 1. The van der Waals surface area contributed by atoms with Gasteiger partial charge in [-0.1, -0.05) is 39.7 Å². The van der Waals surface area contributed by atoms with Gasteiger partial charge in [-0.25, -0.2) is 0 Å². The van der Waals surface area contributed by atoms with Crippen LogP contribution in [0.4, 0.5) is 0 Å². The van der Waals surface area contributed by atoms with Crippen molar-refractivity contribution in [3.8, 4) is 0 Å². The molecule has 0 aliphatic rings. The lowest BCUT2D eigenvalue weighted by atomic mass is 10.0. The molecule has 0 aliphatic carbocycles. The molecule has 15 heavy (non-hydrogen) atoms. The quantitative estimate of drug-likeness (QED) is 0.772. The number of nitrogens with one attached hydrogen (secondary N) is 1. The second-order valence-corrected chi connectivity index (χ2v) is 4.30. The molecule has 1 heterocycles. The molecule has 0 amide bonds. The molecular formula is C13H22N2. The second kappa shape index (κ2) is 6.57. The van der Waals surface area contributed by atoms with Crippen LogP contribution in [0.1, 0.15) is 51.6 Å². The summed E-state index contributed by atoms with van der Waals surface area (Å²) in [5.41, 5.74) is 1.31. The van der Waals surface area contributed by atoms with Crippen molar-refractivity contribution >= 4 is 0 Å². The summed E-state index contributed by atoms with van der Waals surface area (Å²) in [6, 6.07) is 5.14. The van der Waals surface area contributed by atoms with Crippen LogP contribution in [0.15, 0.2) is 24.5 Å². The lowest BCUT2D eigenvalue weighted by molar-refractivity contribution is 0.439. The highest BCUT2D eigenvalue weighted by Gasteiger charge is 2.11. The van der Waals surface area contributed by atoms with Gasteiger partial charge < -0.3 is 5.32 Å². The van der Waals surface area contributed by atoms with Crippen LogP contribution in [0, 0.1) is 0 Å². The standard InChI is InChI=1S/C13H22N2/c1-4-5-8-13(15-11(2)3)12-7-6-9-14-10-12/h6-7,9-11,13,15H,4-5,8H2,1-3H3. The van der Waals surface area contributed by atoms with Gasteiger partial charge in [0.05, 0.1) is 0 Å². The summed E-state index contributed by atoms with van der Waals surface area (Å²) >= 11 is 0. The average molecular weight is 206 g/mol. The molecule has 0 aliphatic heterocycles. The lowest BCUT2D eigenvalue weighted by Crippen LogP contribution is -2.28. The number of hydrogen-bond donors (Lipinski definition) is 1. The van der Waals surface area contributed by atoms with Crippen molar-refractivity contribution in [2.75, 3.05) is 0 Å². The van der Waals surface area contributed by atoms with Crippen molar-refractivity contribution in [1.82, 2.24) is 10.3 Å². The van der Waals surface area contributed by atoms with Gasteiger partial charge in [-0.15, -0.1) is 0 Å². The van der Waals surface area contributed by atoms with E-state index in [9.17, 15) is 0 Å². The van der Waals surface area contributed by atoms with Crippen LogP contribution >= 0.6 is 0 Å². The van der Waals surface area contributed by atoms with Crippen LogP contribution < -0.4 is 5.32 Å². The highest BCUT2D eigenvalue weighted by molar-refractivity contribution is 5.13. The molecule has 0 saturated heterocycles. The van der Waals surface area contributed by atoms with E-state index in [1.807, 2.05) is 18.5 Å². The second-order valence-electron chi connectivity index (χ2n) is 4.30. The molecule has 1 rings (SSSR count). The maximum absolute atomic E-state index is 4.18. The zero-order valence-electron chi connectivity index (χ0n) is 10.0. The molecular weight excluding hydrogens is 184 g/mol. The van der Waals surface area contributed by atoms with Crippen molar-refractivity contribution in [2.45, 2.75) is 52.1 Å². The van der Waals surface area contributed by atoms with E-state index in [1.165, 1.54) is 24.8 Å². The predicted molar refractivity (Wildman–Crippen MR) is 64.8 cm³/mol. The Morgan fingerprint density at radius 3 is 2.73 bits per heavy atom. The molecule has 0 fully saturated rings. The number of hydrogen-bond acceptors (Lipinski definition) is 2. The third-order valence-electron chi connectivity index (χ3n) is 2.47. The zero-order chi connectivity index (χ0) is 11.1. The molecule has 1 unspecified atom stereocenters. The maximum atomic E-state index is 4.18. The normalized spacial score (nSPS) is 13.1. The number of pyridine rings is 1. The van der Waals surface area contributed by atoms with Gasteiger partial charge >= 0.3 is 0 Å². The van der Waals surface area contributed by atoms with Crippen LogP contribution in [-0.2, 0) is 0 Å². The molecule has 2 nitrogen and oxygen atoms in total. The third kappa shape index (κ3) is 4.43.